The van der Waals surface area contributed by atoms with Gasteiger partial charge in [0.25, 0.3) is 0 Å². The first kappa shape index (κ1) is 11.3. The van der Waals surface area contributed by atoms with Crippen molar-refractivity contribution < 1.29 is 4.79 Å². The molecule has 2 aromatic rings. The fourth-order valence-electron chi connectivity index (χ4n) is 1.53. The standard InChI is InChI=1S/C10H14N6O/c1-6-4-7(2)16(15-6)5-9(17)12-10-11-8(3)13-14-10/h4H,5H2,1-3H3,(H2,11,12,13,14,17). The van der Waals surface area contributed by atoms with Crippen LogP contribution in [0.5, 0.6) is 0 Å². The highest BCUT2D eigenvalue weighted by atomic mass is 16.2. The Hall–Kier alpha value is -2.18. The summed E-state index contributed by atoms with van der Waals surface area (Å²) >= 11 is 0. The Bertz CT molecular complexity index is 541. The van der Waals surface area contributed by atoms with E-state index in [9.17, 15) is 4.79 Å². The second-order valence-corrected chi connectivity index (χ2v) is 3.88. The lowest BCUT2D eigenvalue weighted by Crippen LogP contribution is -2.21. The van der Waals surface area contributed by atoms with Crippen molar-refractivity contribution in [1.82, 2.24) is 25.0 Å². The van der Waals surface area contributed by atoms with Gasteiger partial charge >= 0.3 is 0 Å². The number of amides is 1. The normalized spacial score (nSPS) is 10.5. The molecule has 2 N–H and O–H groups in total. The summed E-state index contributed by atoms with van der Waals surface area (Å²) in [5, 5.41) is 13.3. The highest BCUT2D eigenvalue weighted by Crippen LogP contribution is 2.02. The third-order valence-electron chi connectivity index (χ3n) is 2.25. The maximum Gasteiger partial charge on any atom is 0.248 e. The Morgan fingerprint density at radius 3 is 2.76 bits per heavy atom. The van der Waals surface area contributed by atoms with Crippen LogP contribution in [-0.2, 0) is 11.3 Å². The van der Waals surface area contributed by atoms with E-state index in [1.807, 2.05) is 19.9 Å². The van der Waals surface area contributed by atoms with Crippen molar-refractivity contribution in [2.75, 3.05) is 5.32 Å². The van der Waals surface area contributed by atoms with E-state index in [0.717, 1.165) is 11.4 Å². The molecule has 0 atom stereocenters. The molecule has 0 fully saturated rings. The van der Waals surface area contributed by atoms with Gasteiger partial charge in [-0.15, -0.1) is 5.10 Å². The molecule has 0 unspecified atom stereocenters. The maximum atomic E-state index is 11.7. The summed E-state index contributed by atoms with van der Waals surface area (Å²) in [6.07, 6.45) is 0. The lowest BCUT2D eigenvalue weighted by Gasteiger charge is -2.03. The Morgan fingerprint density at radius 1 is 1.47 bits per heavy atom. The molecule has 0 aliphatic carbocycles. The van der Waals surface area contributed by atoms with Crippen molar-refractivity contribution in [3.63, 3.8) is 0 Å². The number of hydrogen-bond donors (Lipinski definition) is 2. The van der Waals surface area contributed by atoms with Crippen LogP contribution in [0.25, 0.3) is 0 Å². The zero-order valence-electron chi connectivity index (χ0n) is 9.98. The number of aromatic nitrogens is 5. The number of aryl methyl sites for hydroxylation is 3. The van der Waals surface area contributed by atoms with Crippen molar-refractivity contribution >= 4 is 11.9 Å². The molecule has 2 heterocycles. The first-order chi connectivity index (χ1) is 8.04. The molecule has 0 aliphatic rings. The van der Waals surface area contributed by atoms with E-state index >= 15 is 0 Å². The van der Waals surface area contributed by atoms with Crippen LogP contribution in [0.15, 0.2) is 6.07 Å². The largest absolute Gasteiger partial charge is 0.292 e. The van der Waals surface area contributed by atoms with Gasteiger partial charge in [0.1, 0.15) is 12.4 Å². The van der Waals surface area contributed by atoms with Crippen LogP contribution in [0.1, 0.15) is 17.2 Å². The van der Waals surface area contributed by atoms with Gasteiger partial charge in [0.15, 0.2) is 0 Å². The van der Waals surface area contributed by atoms with Crippen LogP contribution in [-0.4, -0.2) is 30.9 Å². The number of H-pyrrole nitrogens is 1. The van der Waals surface area contributed by atoms with Crippen LogP contribution < -0.4 is 5.32 Å². The van der Waals surface area contributed by atoms with Gasteiger partial charge in [0, 0.05) is 5.69 Å². The molecule has 2 aromatic heterocycles. The van der Waals surface area contributed by atoms with E-state index in [0.29, 0.717) is 5.82 Å². The van der Waals surface area contributed by atoms with Crippen molar-refractivity contribution in [3.05, 3.63) is 23.3 Å². The van der Waals surface area contributed by atoms with Gasteiger partial charge in [0.2, 0.25) is 11.9 Å². The molecule has 0 saturated carbocycles. The third-order valence-corrected chi connectivity index (χ3v) is 2.25. The summed E-state index contributed by atoms with van der Waals surface area (Å²) in [4.78, 5) is 15.7. The number of rotatable bonds is 3. The van der Waals surface area contributed by atoms with Gasteiger partial charge in [-0.2, -0.15) is 10.1 Å². The van der Waals surface area contributed by atoms with Crippen molar-refractivity contribution in [2.45, 2.75) is 27.3 Å². The fourth-order valence-corrected chi connectivity index (χ4v) is 1.53. The van der Waals surface area contributed by atoms with Crippen LogP contribution in [0.3, 0.4) is 0 Å². The zero-order chi connectivity index (χ0) is 12.4. The Labute approximate surface area is 98.2 Å². The van der Waals surface area contributed by atoms with Crippen LogP contribution in [0, 0.1) is 20.8 Å². The van der Waals surface area contributed by atoms with E-state index in [2.05, 4.69) is 25.6 Å². The summed E-state index contributed by atoms with van der Waals surface area (Å²) in [6, 6.07) is 1.92. The molecular weight excluding hydrogens is 220 g/mol. The predicted octanol–water partition coefficient (Wildman–Crippen LogP) is 0.565. The van der Waals surface area contributed by atoms with Crippen LogP contribution in [0.4, 0.5) is 5.95 Å². The molecule has 2 rings (SSSR count). The number of hydrogen-bond acceptors (Lipinski definition) is 4. The minimum absolute atomic E-state index is 0.160. The Morgan fingerprint density at radius 2 is 2.24 bits per heavy atom. The molecular formula is C10H14N6O. The molecule has 7 nitrogen and oxygen atoms in total. The summed E-state index contributed by atoms with van der Waals surface area (Å²) in [7, 11) is 0. The number of anilines is 1. The average Bonchev–Trinajstić information content (AvgIpc) is 2.74. The molecule has 90 valence electrons. The predicted molar refractivity (Wildman–Crippen MR) is 61.5 cm³/mol. The van der Waals surface area contributed by atoms with E-state index in [1.54, 1.807) is 11.6 Å². The molecule has 0 bridgehead atoms. The average molecular weight is 234 g/mol. The van der Waals surface area contributed by atoms with Gasteiger partial charge in [-0.3, -0.25) is 19.9 Å². The second-order valence-electron chi connectivity index (χ2n) is 3.88. The summed E-state index contributed by atoms with van der Waals surface area (Å²) in [6.45, 7) is 5.72. The van der Waals surface area contributed by atoms with Crippen LogP contribution in [0.2, 0.25) is 0 Å². The molecule has 17 heavy (non-hydrogen) atoms. The first-order valence-corrected chi connectivity index (χ1v) is 5.24. The van der Waals surface area contributed by atoms with E-state index in [4.69, 9.17) is 0 Å². The number of carbonyl (C=O) groups excluding carboxylic acids is 1. The quantitative estimate of drug-likeness (QED) is 0.812. The minimum Gasteiger partial charge on any atom is -0.292 e. The highest BCUT2D eigenvalue weighted by molar-refractivity contribution is 5.88. The van der Waals surface area contributed by atoms with E-state index in [-0.39, 0.29) is 18.4 Å². The molecule has 0 spiro atoms. The summed E-state index contributed by atoms with van der Waals surface area (Å²) < 4.78 is 1.64. The summed E-state index contributed by atoms with van der Waals surface area (Å²) in [5.41, 5.74) is 1.84. The number of carbonyl (C=O) groups is 1. The Balaban J connectivity index is 2.00. The van der Waals surface area contributed by atoms with Gasteiger partial charge in [-0.25, -0.2) is 0 Å². The van der Waals surface area contributed by atoms with Gasteiger partial charge in [-0.05, 0) is 26.8 Å². The third kappa shape index (κ3) is 2.68. The first-order valence-electron chi connectivity index (χ1n) is 5.24. The molecule has 0 aliphatic heterocycles. The van der Waals surface area contributed by atoms with Crippen molar-refractivity contribution in [1.29, 1.82) is 0 Å². The Kier molecular flexibility index (Phi) is 2.90. The minimum atomic E-state index is -0.199. The number of nitrogens with zero attached hydrogens (tertiary/aromatic N) is 4. The fraction of sp³-hybridized carbons (Fsp3) is 0.400. The highest BCUT2D eigenvalue weighted by Gasteiger charge is 2.09. The molecule has 0 saturated heterocycles. The van der Waals surface area contributed by atoms with Crippen molar-refractivity contribution in [2.24, 2.45) is 0 Å². The molecule has 0 aromatic carbocycles. The van der Waals surface area contributed by atoms with Crippen molar-refractivity contribution in [3.8, 4) is 0 Å². The number of nitrogens with one attached hydrogen (secondary N) is 2. The lowest BCUT2D eigenvalue weighted by molar-refractivity contribution is -0.117. The second kappa shape index (κ2) is 4.36. The molecule has 0 radical (unpaired) electrons. The smallest absolute Gasteiger partial charge is 0.248 e. The summed E-state index contributed by atoms with van der Waals surface area (Å²) in [5.74, 6) is 0.746. The topological polar surface area (TPSA) is 88.5 Å². The van der Waals surface area contributed by atoms with Gasteiger partial charge in [-0.1, -0.05) is 0 Å². The van der Waals surface area contributed by atoms with Gasteiger partial charge < -0.3 is 0 Å². The monoisotopic (exact) mass is 234 g/mol. The zero-order valence-corrected chi connectivity index (χ0v) is 9.98. The van der Waals surface area contributed by atoms with Crippen LogP contribution >= 0.6 is 0 Å². The lowest BCUT2D eigenvalue weighted by atomic mass is 10.4. The SMILES string of the molecule is Cc1cc(C)n(CC(=O)Nc2n[nH]c(C)n2)n1. The number of aromatic amines is 1. The maximum absolute atomic E-state index is 11.7. The molecule has 1 amide bonds. The molecule has 7 heteroatoms. The van der Waals surface area contributed by atoms with Gasteiger partial charge in [0.05, 0.1) is 5.69 Å². The van der Waals surface area contributed by atoms with E-state index in [1.165, 1.54) is 0 Å². The van der Waals surface area contributed by atoms with E-state index < -0.39 is 0 Å².